The van der Waals surface area contributed by atoms with Crippen molar-refractivity contribution < 1.29 is 19.5 Å². The number of aromatic nitrogens is 2. The van der Waals surface area contributed by atoms with Crippen LogP contribution in [0, 0.1) is 14.9 Å². The molecule has 2 fully saturated rings. The van der Waals surface area contributed by atoms with Crippen molar-refractivity contribution in [3.63, 3.8) is 0 Å². The van der Waals surface area contributed by atoms with Gasteiger partial charge in [0.25, 0.3) is 0 Å². The minimum absolute atomic E-state index is 0. The molecule has 2 aliphatic rings. The maximum Gasteiger partial charge on any atom is 2.00 e. The Morgan fingerprint density at radius 2 is 0.628 bits per heavy atom. The van der Waals surface area contributed by atoms with E-state index in [9.17, 15) is 0 Å². The summed E-state index contributed by atoms with van der Waals surface area (Å²) in [5, 5.41) is 0. The van der Waals surface area contributed by atoms with Crippen LogP contribution in [0.5, 0.6) is 0 Å². The summed E-state index contributed by atoms with van der Waals surface area (Å²) in [5.74, 6) is 0. The van der Waals surface area contributed by atoms with Crippen LogP contribution in [0.1, 0.15) is 70.6 Å². The molecule has 0 N–H and O–H groups in total. The average Bonchev–Trinajstić information content (AvgIpc) is 3.68. The van der Waals surface area contributed by atoms with Gasteiger partial charge >= 0.3 is 19.5 Å². The zero-order chi connectivity index (χ0) is 26.7. The molecule has 0 saturated carbocycles. The van der Waals surface area contributed by atoms with E-state index in [1.807, 2.05) is 12.4 Å². The molecule has 7 rings (SSSR count). The molecule has 0 aliphatic carbocycles. The minimum atomic E-state index is -1.09. The zero-order valence-electron chi connectivity index (χ0n) is 25.1. The van der Waals surface area contributed by atoms with Gasteiger partial charge in [0.15, 0.2) is 0 Å². The normalized spacial score (nSPS) is 24.3. The van der Waals surface area contributed by atoms with Crippen LogP contribution in [-0.4, -0.2) is 9.97 Å². The Labute approximate surface area is 274 Å². The summed E-state index contributed by atoms with van der Waals surface area (Å²) in [6, 6.07) is 45.1. The van der Waals surface area contributed by atoms with Crippen molar-refractivity contribution in [2.24, 2.45) is 0 Å². The van der Waals surface area contributed by atoms with Gasteiger partial charge in [0.05, 0.1) is 38.5 Å². The first kappa shape index (κ1) is 33.3. The van der Waals surface area contributed by atoms with E-state index in [0.717, 1.165) is 0 Å². The average molecular weight is 692 g/mol. The molecule has 2 nitrogen and oxygen atoms in total. The first-order valence-electron chi connectivity index (χ1n) is 14.6. The maximum atomic E-state index is 5.32. The van der Waals surface area contributed by atoms with Crippen LogP contribution in [0.4, 0.5) is 0 Å². The van der Waals surface area contributed by atoms with Gasteiger partial charge in [-0.15, -0.1) is 0 Å². The monoisotopic (exact) mass is 691 g/mol. The number of nitrogens with zero attached hydrogens (tertiary/aromatic N) is 2. The van der Waals surface area contributed by atoms with Crippen molar-refractivity contribution in [1.29, 1.82) is 0 Å². The fraction of sp³-hybridized carbons (Fsp3) is 0.211. The fourth-order valence-corrected chi connectivity index (χ4v) is 15.7. The van der Waals surface area contributed by atoms with E-state index in [1.165, 1.54) is 58.8 Å². The van der Waals surface area contributed by atoms with Gasteiger partial charge in [0, 0.05) is 12.4 Å². The molecule has 3 heterocycles. The summed E-state index contributed by atoms with van der Waals surface area (Å²) >= 11 is 0. The van der Waals surface area contributed by atoms with Crippen LogP contribution < -0.4 is 10.9 Å². The van der Waals surface area contributed by atoms with Gasteiger partial charge in [-0.3, -0.25) is 0 Å². The molecule has 5 heteroatoms. The largest absolute Gasteiger partial charge is 2.00 e. The molecule has 4 aromatic carbocycles. The quantitative estimate of drug-likeness (QED) is 0.101. The molecule has 2 aliphatic heterocycles. The van der Waals surface area contributed by atoms with E-state index in [-0.39, 0.29) is 34.3 Å². The van der Waals surface area contributed by atoms with Crippen LogP contribution in [0.2, 0.25) is 0 Å². The van der Waals surface area contributed by atoms with Crippen molar-refractivity contribution in [1.82, 2.24) is 9.97 Å². The minimum Gasteiger partial charge on any atom is -0.358 e. The number of hydrogen-bond donors (Lipinski definition) is 0. The van der Waals surface area contributed by atoms with Crippen LogP contribution in [0.3, 0.4) is 0 Å². The Kier molecular flexibility index (Phi) is 12.0. The fourth-order valence-electron chi connectivity index (χ4n) is 7.32. The number of hydrogen-bond acceptors (Lipinski definition) is 2. The van der Waals surface area contributed by atoms with Gasteiger partial charge < -0.3 is 14.9 Å². The zero-order valence-corrected chi connectivity index (χ0v) is 28.7. The van der Waals surface area contributed by atoms with Gasteiger partial charge in [0.2, 0.25) is 10.9 Å². The standard InChI is InChI=1S/C36H34N2P2.2CH3.Rh/c1-5-13-27(14-6-1)31-21-22-32(28-15-7-2-8-16-28)39(31)35-36(38-26-25-37-35)40-33(29-17-9-3-10-18-29)23-24-34(40)30-19-11-4-12-20-30;;;/h1-20,25-26,31-34H,21-24H2;2*1H3;/q;2*-1;+2/p+2/t31-,32?,33-,34?,39?,40?;;;/m1.../s1. The van der Waals surface area contributed by atoms with Crippen LogP contribution in [0.15, 0.2) is 134 Å². The van der Waals surface area contributed by atoms with E-state index >= 15 is 0 Å². The van der Waals surface area contributed by atoms with Crippen molar-refractivity contribution in [3.05, 3.63) is 171 Å². The molecule has 5 aromatic rings. The molecular formula is C38H42N2P2Rh+2. The van der Waals surface area contributed by atoms with Crippen LogP contribution in [-0.2, 0) is 19.5 Å². The molecule has 6 atom stereocenters. The third-order valence-corrected chi connectivity index (χ3v) is 16.6. The maximum absolute atomic E-state index is 5.32. The second-order valence-electron chi connectivity index (χ2n) is 11.2. The Morgan fingerprint density at radius 1 is 0.395 bits per heavy atom. The Morgan fingerprint density at radius 3 is 0.860 bits per heavy atom. The SMILES string of the molecule is [CH3-].[CH3-].[Rh+2].c1ccc(C2CC[C@H](c3ccccc3)[PH+]2c2nccnc2[PH+]2C(c3ccccc3)CC[C@@H]2c2ccccc2)cc1. The predicted octanol–water partition coefficient (Wildman–Crippen LogP) is 9.61. The Bertz CT molecular complexity index is 1320. The van der Waals surface area contributed by atoms with E-state index in [2.05, 4.69) is 121 Å². The third kappa shape index (κ3) is 6.76. The summed E-state index contributed by atoms with van der Waals surface area (Å²) in [5.41, 5.74) is 10.8. The van der Waals surface area contributed by atoms with Gasteiger partial charge in [-0.2, -0.15) is 0 Å². The van der Waals surface area contributed by atoms with Crippen molar-refractivity contribution in [2.45, 2.75) is 48.3 Å². The van der Waals surface area contributed by atoms with Crippen LogP contribution in [0.25, 0.3) is 0 Å². The topological polar surface area (TPSA) is 25.8 Å². The molecule has 0 spiro atoms. The molecule has 0 amide bonds. The summed E-state index contributed by atoms with van der Waals surface area (Å²) < 4.78 is 0. The van der Waals surface area contributed by atoms with E-state index < -0.39 is 15.8 Å². The number of rotatable bonds is 6. The Hall–Kier alpha value is -2.56. The molecule has 4 unspecified atom stereocenters. The predicted molar refractivity (Wildman–Crippen MR) is 186 cm³/mol. The second kappa shape index (κ2) is 15.4. The van der Waals surface area contributed by atoms with E-state index in [4.69, 9.17) is 9.97 Å². The molecule has 1 radical (unpaired) electrons. The summed E-state index contributed by atoms with van der Waals surface area (Å²) in [4.78, 5) is 10.6. The molecule has 221 valence electrons. The molecule has 1 aromatic heterocycles. The van der Waals surface area contributed by atoms with Crippen molar-refractivity contribution in [2.75, 3.05) is 0 Å². The molecule has 2 saturated heterocycles. The van der Waals surface area contributed by atoms with Crippen LogP contribution >= 0.6 is 15.8 Å². The molecular weight excluding hydrogens is 649 g/mol. The summed E-state index contributed by atoms with van der Waals surface area (Å²) in [6.07, 6.45) is 8.84. The summed E-state index contributed by atoms with van der Waals surface area (Å²) in [7, 11) is -2.19. The van der Waals surface area contributed by atoms with Crippen molar-refractivity contribution >= 4 is 26.7 Å². The Balaban J connectivity index is 0.00000141. The van der Waals surface area contributed by atoms with Gasteiger partial charge in [-0.05, 0) is 47.9 Å². The molecule has 43 heavy (non-hydrogen) atoms. The first-order valence-corrected chi connectivity index (χ1v) is 17.9. The smallest absolute Gasteiger partial charge is 0.358 e. The van der Waals surface area contributed by atoms with Crippen molar-refractivity contribution in [3.8, 4) is 0 Å². The van der Waals surface area contributed by atoms with Gasteiger partial charge in [0.1, 0.15) is 0 Å². The summed E-state index contributed by atoms with van der Waals surface area (Å²) in [6.45, 7) is 0. The first-order chi connectivity index (χ1) is 19.9. The second-order valence-corrected chi connectivity index (χ2v) is 16.7. The number of benzene rings is 4. The van der Waals surface area contributed by atoms with Gasteiger partial charge in [-0.1, -0.05) is 121 Å². The molecule has 0 bridgehead atoms. The van der Waals surface area contributed by atoms with E-state index in [0.29, 0.717) is 22.6 Å². The van der Waals surface area contributed by atoms with Gasteiger partial charge in [-0.25, -0.2) is 9.97 Å². The third-order valence-electron chi connectivity index (χ3n) is 9.04. The van der Waals surface area contributed by atoms with E-state index in [1.54, 1.807) is 0 Å².